The van der Waals surface area contributed by atoms with Gasteiger partial charge in [-0.15, -0.1) is 11.3 Å². The van der Waals surface area contributed by atoms with Gasteiger partial charge in [-0.2, -0.15) is 0 Å². The molecule has 4 rings (SSSR count). The molecule has 28 heavy (non-hydrogen) atoms. The molecule has 1 aromatic carbocycles. The van der Waals surface area contributed by atoms with Gasteiger partial charge in [0.15, 0.2) is 0 Å². The Morgan fingerprint density at radius 2 is 1.89 bits per heavy atom. The fraction of sp³-hybridized carbons (Fsp3) is 0.304. The Bertz CT molecular complexity index is 921. The zero-order valence-electron chi connectivity index (χ0n) is 16.2. The van der Waals surface area contributed by atoms with Crippen LogP contribution in [0.2, 0.25) is 0 Å². The summed E-state index contributed by atoms with van der Waals surface area (Å²) >= 11 is 1.55. The monoisotopic (exact) mass is 391 g/mol. The number of aryl methyl sites for hydroxylation is 1. The molecule has 0 saturated carbocycles. The van der Waals surface area contributed by atoms with E-state index in [0.29, 0.717) is 0 Å². The van der Waals surface area contributed by atoms with Crippen molar-refractivity contribution in [3.8, 4) is 11.3 Å². The minimum atomic E-state index is 0.189. The normalized spacial score (nSPS) is 15.4. The summed E-state index contributed by atoms with van der Waals surface area (Å²) in [5.41, 5.74) is 4.53. The number of carbonyl (C=O) groups is 1. The molecule has 3 aromatic rings. The largest absolute Gasteiger partial charge is 0.337 e. The van der Waals surface area contributed by atoms with Crippen LogP contribution in [0.4, 0.5) is 0 Å². The number of aromatic nitrogens is 1. The average molecular weight is 392 g/mol. The minimum absolute atomic E-state index is 0.189. The van der Waals surface area contributed by atoms with E-state index >= 15 is 0 Å². The summed E-state index contributed by atoms with van der Waals surface area (Å²) in [6.45, 7) is 6.51. The third-order valence-electron chi connectivity index (χ3n) is 5.25. The van der Waals surface area contributed by atoms with Crippen molar-refractivity contribution in [2.24, 2.45) is 0 Å². The smallest absolute Gasteiger partial charge is 0.264 e. The van der Waals surface area contributed by atoms with Gasteiger partial charge in [0, 0.05) is 44.5 Å². The molecule has 1 aliphatic heterocycles. The summed E-state index contributed by atoms with van der Waals surface area (Å²) in [7, 11) is 0. The van der Waals surface area contributed by atoms with Crippen LogP contribution in [0.15, 0.2) is 60.1 Å². The maximum atomic E-state index is 12.8. The molecule has 0 radical (unpaired) electrons. The Hall–Kier alpha value is -2.50. The highest BCUT2D eigenvalue weighted by Crippen LogP contribution is 2.20. The van der Waals surface area contributed by atoms with E-state index in [1.165, 1.54) is 5.56 Å². The molecule has 0 unspecified atom stereocenters. The molecule has 0 aliphatic carbocycles. The van der Waals surface area contributed by atoms with E-state index in [4.69, 9.17) is 0 Å². The van der Waals surface area contributed by atoms with Crippen LogP contribution in [-0.2, 0) is 6.54 Å². The number of hydrogen-bond donors (Lipinski definition) is 0. The highest BCUT2D eigenvalue weighted by atomic mass is 32.1. The molecule has 0 spiro atoms. The molecule has 2 aromatic heterocycles. The average Bonchev–Trinajstić information content (AvgIpc) is 3.02. The molecule has 1 fully saturated rings. The molecule has 0 bridgehead atoms. The number of rotatable bonds is 4. The zero-order valence-corrected chi connectivity index (χ0v) is 17.0. The Morgan fingerprint density at radius 1 is 1.04 bits per heavy atom. The number of nitrogens with zero attached hydrogens (tertiary/aromatic N) is 3. The fourth-order valence-corrected chi connectivity index (χ4v) is 4.53. The van der Waals surface area contributed by atoms with Crippen molar-refractivity contribution in [3.63, 3.8) is 0 Å². The van der Waals surface area contributed by atoms with Gasteiger partial charge in [0.1, 0.15) is 0 Å². The Labute approximate surface area is 170 Å². The van der Waals surface area contributed by atoms with Crippen molar-refractivity contribution in [1.29, 1.82) is 0 Å². The van der Waals surface area contributed by atoms with Crippen LogP contribution >= 0.6 is 11.3 Å². The molecule has 1 saturated heterocycles. The first kappa shape index (κ1) is 18.8. The molecule has 1 aliphatic rings. The lowest BCUT2D eigenvalue weighted by Gasteiger charge is -2.22. The third kappa shape index (κ3) is 4.32. The van der Waals surface area contributed by atoms with E-state index < -0.39 is 0 Å². The lowest BCUT2D eigenvalue weighted by atomic mass is 10.1. The second-order valence-electron chi connectivity index (χ2n) is 7.27. The molecule has 0 atom stereocenters. The molecule has 144 valence electrons. The van der Waals surface area contributed by atoms with Gasteiger partial charge in [-0.05, 0) is 48.1 Å². The van der Waals surface area contributed by atoms with Gasteiger partial charge in [0.25, 0.3) is 5.91 Å². The van der Waals surface area contributed by atoms with Gasteiger partial charge < -0.3 is 4.90 Å². The molecule has 3 heterocycles. The predicted molar refractivity (Wildman–Crippen MR) is 115 cm³/mol. The summed E-state index contributed by atoms with van der Waals surface area (Å²) in [5.74, 6) is 0.189. The van der Waals surface area contributed by atoms with Gasteiger partial charge in [0.2, 0.25) is 0 Å². The molecule has 4 nitrogen and oxygen atoms in total. The van der Waals surface area contributed by atoms with Crippen molar-refractivity contribution in [2.75, 3.05) is 26.2 Å². The first-order valence-corrected chi connectivity index (χ1v) is 10.6. The summed E-state index contributed by atoms with van der Waals surface area (Å²) < 4.78 is 0. The van der Waals surface area contributed by atoms with Crippen LogP contribution in [0, 0.1) is 6.92 Å². The van der Waals surface area contributed by atoms with Crippen molar-refractivity contribution in [3.05, 3.63) is 76.1 Å². The summed E-state index contributed by atoms with van der Waals surface area (Å²) in [6.07, 6.45) is 2.84. The summed E-state index contributed by atoms with van der Waals surface area (Å²) in [6, 6.07) is 16.7. The first-order chi connectivity index (χ1) is 13.7. The maximum absolute atomic E-state index is 12.8. The number of amides is 1. The molecular weight excluding hydrogens is 366 g/mol. The van der Waals surface area contributed by atoms with Crippen LogP contribution in [0.1, 0.15) is 27.2 Å². The standard InChI is InChI=1S/C23H25N3OS/c1-18-10-16-28-22(18)23(27)26-13-4-12-25(14-15-26)17-19-6-8-20(9-7-19)21-5-2-3-11-24-21/h2-3,5-11,16H,4,12-15,17H2,1H3. The molecular formula is C23H25N3OS. The van der Waals surface area contributed by atoms with Crippen LogP contribution < -0.4 is 0 Å². The molecule has 0 N–H and O–H groups in total. The van der Waals surface area contributed by atoms with E-state index in [0.717, 1.165) is 60.8 Å². The lowest BCUT2D eigenvalue weighted by molar-refractivity contribution is 0.0765. The Morgan fingerprint density at radius 3 is 2.61 bits per heavy atom. The number of thiophene rings is 1. The van der Waals surface area contributed by atoms with Crippen LogP contribution in [0.5, 0.6) is 0 Å². The van der Waals surface area contributed by atoms with E-state index in [2.05, 4.69) is 34.1 Å². The van der Waals surface area contributed by atoms with Crippen LogP contribution in [0.3, 0.4) is 0 Å². The number of carbonyl (C=O) groups excluding carboxylic acids is 1. The lowest BCUT2D eigenvalue weighted by Crippen LogP contribution is -2.35. The Kier molecular flexibility index (Phi) is 5.84. The van der Waals surface area contributed by atoms with Crippen LogP contribution in [0.25, 0.3) is 11.3 Å². The highest BCUT2D eigenvalue weighted by Gasteiger charge is 2.22. The number of hydrogen-bond acceptors (Lipinski definition) is 4. The topological polar surface area (TPSA) is 36.4 Å². The minimum Gasteiger partial charge on any atom is -0.337 e. The van der Waals surface area contributed by atoms with Gasteiger partial charge >= 0.3 is 0 Å². The van der Waals surface area contributed by atoms with Crippen LogP contribution in [-0.4, -0.2) is 46.9 Å². The SMILES string of the molecule is Cc1ccsc1C(=O)N1CCCN(Cc2ccc(-c3ccccn3)cc2)CC1. The summed E-state index contributed by atoms with van der Waals surface area (Å²) in [5, 5.41) is 2.00. The summed E-state index contributed by atoms with van der Waals surface area (Å²) in [4.78, 5) is 22.5. The van der Waals surface area contributed by atoms with Crippen molar-refractivity contribution < 1.29 is 4.79 Å². The second-order valence-corrected chi connectivity index (χ2v) is 8.18. The second kappa shape index (κ2) is 8.67. The number of pyridine rings is 1. The zero-order chi connectivity index (χ0) is 19.3. The van der Waals surface area contributed by atoms with E-state index in [1.807, 2.05) is 47.7 Å². The van der Waals surface area contributed by atoms with E-state index in [-0.39, 0.29) is 5.91 Å². The molecule has 5 heteroatoms. The quantitative estimate of drug-likeness (QED) is 0.658. The van der Waals surface area contributed by atoms with Gasteiger partial charge in [-0.1, -0.05) is 30.3 Å². The van der Waals surface area contributed by atoms with Gasteiger partial charge in [-0.3, -0.25) is 14.7 Å². The van der Waals surface area contributed by atoms with Gasteiger partial charge in [0.05, 0.1) is 10.6 Å². The third-order valence-corrected chi connectivity index (χ3v) is 6.26. The fourth-order valence-electron chi connectivity index (χ4n) is 3.64. The van der Waals surface area contributed by atoms with Crippen molar-refractivity contribution in [2.45, 2.75) is 19.9 Å². The van der Waals surface area contributed by atoms with E-state index in [9.17, 15) is 4.79 Å². The predicted octanol–water partition coefficient (Wildman–Crippen LogP) is 4.47. The van der Waals surface area contributed by atoms with Crippen molar-refractivity contribution >= 4 is 17.2 Å². The first-order valence-electron chi connectivity index (χ1n) is 9.77. The van der Waals surface area contributed by atoms with Gasteiger partial charge in [-0.25, -0.2) is 0 Å². The van der Waals surface area contributed by atoms with Crippen molar-refractivity contribution in [1.82, 2.24) is 14.8 Å². The Balaban J connectivity index is 1.36. The number of benzene rings is 1. The highest BCUT2D eigenvalue weighted by molar-refractivity contribution is 7.12. The molecule has 1 amide bonds. The van der Waals surface area contributed by atoms with E-state index in [1.54, 1.807) is 11.3 Å². The maximum Gasteiger partial charge on any atom is 0.264 e.